The zero-order valence-electron chi connectivity index (χ0n) is 8.35. The molecular formula is C10H14N2O2S. The monoisotopic (exact) mass is 226 g/mol. The Bertz CT molecular complexity index is 326. The van der Waals surface area contributed by atoms with Crippen LogP contribution in [-0.2, 0) is 0 Å². The van der Waals surface area contributed by atoms with Crippen LogP contribution in [0.2, 0.25) is 0 Å². The predicted octanol–water partition coefficient (Wildman–Crippen LogP) is 1.18. The molecule has 0 aliphatic heterocycles. The number of carbonyl (C=O) groups excluding carboxylic acids is 1. The summed E-state index contributed by atoms with van der Waals surface area (Å²) in [6, 6.07) is -0.0895. The molecule has 1 saturated carbocycles. The molecule has 0 spiro atoms. The number of thiazole rings is 1. The second kappa shape index (κ2) is 4.72. The molecule has 0 aromatic carbocycles. The van der Waals surface area contributed by atoms with Crippen LogP contribution in [0.15, 0.2) is 11.7 Å². The van der Waals surface area contributed by atoms with Crippen LogP contribution in [0.1, 0.15) is 35.4 Å². The lowest BCUT2D eigenvalue weighted by Crippen LogP contribution is -2.44. The summed E-state index contributed by atoms with van der Waals surface area (Å²) in [7, 11) is 0. The fraction of sp³-hybridized carbons (Fsp3) is 0.600. The Hall–Kier alpha value is -0.940. The number of aromatic nitrogens is 1. The highest BCUT2D eigenvalue weighted by atomic mass is 32.1. The minimum atomic E-state index is -0.393. The Balaban J connectivity index is 1.93. The second-order valence-corrected chi connectivity index (χ2v) is 4.68. The van der Waals surface area contributed by atoms with Crippen LogP contribution in [0.5, 0.6) is 0 Å². The van der Waals surface area contributed by atoms with E-state index < -0.39 is 6.10 Å². The van der Waals surface area contributed by atoms with Crippen molar-refractivity contribution < 1.29 is 9.90 Å². The molecule has 1 amide bonds. The molecule has 1 aliphatic carbocycles. The summed E-state index contributed by atoms with van der Waals surface area (Å²) in [5.41, 5.74) is 1.63. The van der Waals surface area contributed by atoms with Crippen LogP contribution in [0.3, 0.4) is 0 Å². The molecular weight excluding hydrogens is 212 g/mol. The molecule has 0 saturated heterocycles. The van der Waals surface area contributed by atoms with Crippen LogP contribution < -0.4 is 5.32 Å². The van der Waals surface area contributed by atoms with E-state index in [-0.39, 0.29) is 11.9 Å². The third-order valence-corrected chi connectivity index (χ3v) is 3.47. The van der Waals surface area contributed by atoms with Gasteiger partial charge in [-0.3, -0.25) is 9.78 Å². The first-order valence-electron chi connectivity index (χ1n) is 5.15. The highest BCUT2D eigenvalue weighted by Crippen LogP contribution is 2.19. The maximum atomic E-state index is 11.7. The number of amides is 1. The van der Waals surface area contributed by atoms with Gasteiger partial charge in [-0.1, -0.05) is 12.8 Å². The van der Waals surface area contributed by atoms with E-state index in [1.165, 1.54) is 11.3 Å². The van der Waals surface area contributed by atoms with E-state index in [0.29, 0.717) is 4.88 Å². The van der Waals surface area contributed by atoms with E-state index in [2.05, 4.69) is 10.3 Å². The van der Waals surface area contributed by atoms with E-state index in [0.717, 1.165) is 25.7 Å². The minimum Gasteiger partial charge on any atom is -0.391 e. The lowest BCUT2D eigenvalue weighted by atomic mass is 9.92. The average Bonchev–Trinajstić information content (AvgIpc) is 2.74. The maximum Gasteiger partial charge on any atom is 0.263 e. The Morgan fingerprint density at radius 3 is 3.00 bits per heavy atom. The zero-order chi connectivity index (χ0) is 10.7. The van der Waals surface area contributed by atoms with Gasteiger partial charge < -0.3 is 10.4 Å². The van der Waals surface area contributed by atoms with E-state index in [1.807, 2.05) is 0 Å². The van der Waals surface area contributed by atoms with Crippen molar-refractivity contribution in [1.82, 2.24) is 10.3 Å². The van der Waals surface area contributed by atoms with Crippen molar-refractivity contribution in [3.63, 3.8) is 0 Å². The minimum absolute atomic E-state index is 0.0895. The van der Waals surface area contributed by atoms with Crippen molar-refractivity contribution in [1.29, 1.82) is 0 Å². The molecule has 1 aromatic heterocycles. The van der Waals surface area contributed by atoms with Crippen molar-refractivity contribution in [2.75, 3.05) is 0 Å². The molecule has 15 heavy (non-hydrogen) atoms. The van der Waals surface area contributed by atoms with E-state index in [1.54, 1.807) is 11.7 Å². The third-order valence-electron chi connectivity index (χ3n) is 2.70. The topological polar surface area (TPSA) is 62.2 Å². The number of rotatable bonds is 2. The van der Waals surface area contributed by atoms with Gasteiger partial charge in [-0.05, 0) is 12.8 Å². The summed E-state index contributed by atoms with van der Waals surface area (Å²) in [4.78, 5) is 16.1. The van der Waals surface area contributed by atoms with Gasteiger partial charge in [0.05, 0.1) is 23.9 Å². The molecule has 82 valence electrons. The Labute approximate surface area is 92.3 Å². The predicted molar refractivity (Wildman–Crippen MR) is 57.8 cm³/mol. The standard InChI is InChI=1S/C10H14N2O2S/c13-8-4-2-1-3-7(8)12-10(14)9-5-11-6-15-9/h5-8,13H,1-4H2,(H,12,14)/t7-,8-/m1/s1. The van der Waals surface area contributed by atoms with Crippen LogP contribution in [-0.4, -0.2) is 28.1 Å². The van der Waals surface area contributed by atoms with Gasteiger partial charge in [0.2, 0.25) is 0 Å². The molecule has 1 heterocycles. The first kappa shape index (κ1) is 10.6. The molecule has 0 unspecified atom stereocenters. The molecule has 1 aliphatic rings. The number of nitrogens with one attached hydrogen (secondary N) is 1. The summed E-state index contributed by atoms with van der Waals surface area (Å²) < 4.78 is 0. The molecule has 2 rings (SSSR count). The van der Waals surface area contributed by atoms with Gasteiger partial charge >= 0.3 is 0 Å². The van der Waals surface area contributed by atoms with Gasteiger partial charge in [0.15, 0.2) is 0 Å². The largest absolute Gasteiger partial charge is 0.391 e. The third kappa shape index (κ3) is 2.54. The van der Waals surface area contributed by atoms with Crippen molar-refractivity contribution in [2.45, 2.75) is 37.8 Å². The zero-order valence-corrected chi connectivity index (χ0v) is 9.17. The molecule has 5 heteroatoms. The number of aliphatic hydroxyl groups excluding tert-OH is 1. The Morgan fingerprint density at radius 1 is 1.53 bits per heavy atom. The average molecular weight is 226 g/mol. The van der Waals surface area contributed by atoms with E-state index in [9.17, 15) is 9.90 Å². The molecule has 2 atom stereocenters. The maximum absolute atomic E-state index is 11.7. The first-order chi connectivity index (χ1) is 7.27. The van der Waals surface area contributed by atoms with Crippen LogP contribution >= 0.6 is 11.3 Å². The number of carbonyl (C=O) groups is 1. The van der Waals surface area contributed by atoms with Crippen LogP contribution in [0, 0.1) is 0 Å². The van der Waals surface area contributed by atoms with Gasteiger partial charge in [-0.15, -0.1) is 11.3 Å². The summed E-state index contributed by atoms with van der Waals surface area (Å²) in [5.74, 6) is -0.122. The van der Waals surface area contributed by atoms with E-state index >= 15 is 0 Å². The normalized spacial score (nSPS) is 26.2. The molecule has 4 nitrogen and oxygen atoms in total. The summed E-state index contributed by atoms with van der Waals surface area (Å²) in [6.45, 7) is 0. The summed E-state index contributed by atoms with van der Waals surface area (Å²) in [5, 5.41) is 12.5. The number of nitrogens with zero attached hydrogens (tertiary/aromatic N) is 1. The van der Waals surface area contributed by atoms with Crippen LogP contribution in [0.25, 0.3) is 0 Å². The molecule has 1 fully saturated rings. The van der Waals surface area contributed by atoms with Crippen molar-refractivity contribution in [3.8, 4) is 0 Å². The number of hydrogen-bond donors (Lipinski definition) is 2. The van der Waals surface area contributed by atoms with E-state index in [4.69, 9.17) is 0 Å². The fourth-order valence-electron chi connectivity index (χ4n) is 1.85. The van der Waals surface area contributed by atoms with Gasteiger partial charge in [0.25, 0.3) is 5.91 Å². The Kier molecular flexibility index (Phi) is 3.33. The molecule has 0 bridgehead atoms. The number of hydrogen-bond acceptors (Lipinski definition) is 4. The molecule has 0 radical (unpaired) electrons. The van der Waals surface area contributed by atoms with Crippen LogP contribution in [0.4, 0.5) is 0 Å². The first-order valence-corrected chi connectivity index (χ1v) is 6.03. The van der Waals surface area contributed by atoms with Crippen molar-refractivity contribution in [2.24, 2.45) is 0 Å². The van der Waals surface area contributed by atoms with Gasteiger partial charge in [0, 0.05) is 0 Å². The highest BCUT2D eigenvalue weighted by molar-refractivity contribution is 7.11. The second-order valence-electron chi connectivity index (χ2n) is 3.80. The fourth-order valence-corrected chi connectivity index (χ4v) is 2.37. The van der Waals surface area contributed by atoms with Gasteiger partial charge in [-0.25, -0.2) is 0 Å². The van der Waals surface area contributed by atoms with Crippen molar-refractivity contribution >= 4 is 17.2 Å². The lowest BCUT2D eigenvalue weighted by Gasteiger charge is -2.28. The Morgan fingerprint density at radius 2 is 2.33 bits per heavy atom. The summed E-state index contributed by atoms with van der Waals surface area (Å²) in [6.07, 6.45) is 4.93. The number of aliphatic hydroxyl groups is 1. The smallest absolute Gasteiger partial charge is 0.263 e. The summed E-state index contributed by atoms with van der Waals surface area (Å²) >= 11 is 1.32. The lowest BCUT2D eigenvalue weighted by molar-refractivity contribution is 0.0720. The molecule has 1 aromatic rings. The van der Waals surface area contributed by atoms with Gasteiger partial charge in [-0.2, -0.15) is 0 Å². The van der Waals surface area contributed by atoms with Gasteiger partial charge in [0.1, 0.15) is 4.88 Å². The highest BCUT2D eigenvalue weighted by Gasteiger charge is 2.25. The molecule has 2 N–H and O–H groups in total. The quantitative estimate of drug-likeness (QED) is 0.796. The SMILES string of the molecule is O=C(N[C@@H]1CCCC[C@H]1O)c1cncs1. The van der Waals surface area contributed by atoms with Crippen molar-refractivity contribution in [3.05, 3.63) is 16.6 Å².